The molecule has 0 atom stereocenters. The molecule has 2 fully saturated rings. The van der Waals surface area contributed by atoms with E-state index in [-0.39, 0.29) is 5.92 Å². The van der Waals surface area contributed by atoms with Crippen LogP contribution in [0.5, 0.6) is 0 Å². The fourth-order valence-corrected chi connectivity index (χ4v) is 4.33. The van der Waals surface area contributed by atoms with Crippen LogP contribution in [0.15, 0.2) is 6.07 Å². The van der Waals surface area contributed by atoms with Gasteiger partial charge in [-0.15, -0.1) is 5.10 Å². The lowest BCUT2D eigenvalue weighted by Gasteiger charge is -2.45. The monoisotopic (exact) mass is 328 g/mol. The van der Waals surface area contributed by atoms with Gasteiger partial charge in [0.25, 0.3) is 0 Å². The summed E-state index contributed by atoms with van der Waals surface area (Å²) in [6, 6.07) is 2.53. The highest BCUT2D eigenvalue weighted by atomic mass is 16.2. The number of carbonyl (C=O) groups excluding carboxylic acids is 1. The second kappa shape index (κ2) is 6.34. The molecular formula is C19H28N4O. The number of amides is 1. The van der Waals surface area contributed by atoms with E-state index in [4.69, 9.17) is 0 Å². The summed E-state index contributed by atoms with van der Waals surface area (Å²) >= 11 is 0. The molecule has 0 radical (unpaired) electrons. The molecule has 0 unspecified atom stereocenters. The van der Waals surface area contributed by atoms with Crippen LogP contribution in [-0.2, 0) is 17.6 Å². The minimum Gasteiger partial charge on any atom is -0.351 e. The van der Waals surface area contributed by atoms with Crippen molar-refractivity contribution in [2.24, 2.45) is 11.8 Å². The van der Waals surface area contributed by atoms with Gasteiger partial charge in [0.15, 0.2) is 5.82 Å². The number of aromatic nitrogens is 2. The Morgan fingerprint density at radius 2 is 1.92 bits per heavy atom. The maximum atomic E-state index is 12.7. The van der Waals surface area contributed by atoms with Gasteiger partial charge in [-0.25, -0.2) is 0 Å². The number of rotatable bonds is 3. The Balaban J connectivity index is 1.32. The maximum absolute atomic E-state index is 12.7. The predicted molar refractivity (Wildman–Crippen MR) is 94.0 cm³/mol. The van der Waals surface area contributed by atoms with Gasteiger partial charge in [-0.3, -0.25) is 4.79 Å². The Labute approximate surface area is 144 Å². The SMILES string of the molecule is CC1CCC(C(=O)N(C)C2CN(c3cc4c(nn3)CCC4)C2)CC1. The Kier molecular flexibility index (Phi) is 4.19. The zero-order valence-electron chi connectivity index (χ0n) is 14.9. The van der Waals surface area contributed by atoms with Gasteiger partial charge in [-0.2, -0.15) is 5.10 Å². The molecule has 1 aromatic rings. The highest BCUT2D eigenvalue weighted by molar-refractivity contribution is 5.79. The minimum absolute atomic E-state index is 0.250. The third-order valence-corrected chi connectivity index (χ3v) is 6.25. The van der Waals surface area contributed by atoms with Crippen molar-refractivity contribution in [3.63, 3.8) is 0 Å². The normalized spacial score (nSPS) is 26.8. The number of fused-ring (bicyclic) bond motifs is 1. The summed E-state index contributed by atoms with van der Waals surface area (Å²) in [5, 5.41) is 8.76. The third-order valence-electron chi connectivity index (χ3n) is 6.25. The van der Waals surface area contributed by atoms with Crippen LogP contribution in [0.4, 0.5) is 5.82 Å². The molecule has 0 bridgehead atoms. The molecule has 2 heterocycles. The van der Waals surface area contributed by atoms with E-state index in [0.29, 0.717) is 11.9 Å². The largest absolute Gasteiger partial charge is 0.351 e. The molecule has 4 rings (SSSR count). The van der Waals surface area contributed by atoms with Crippen molar-refractivity contribution in [1.29, 1.82) is 0 Å². The molecule has 1 saturated carbocycles. The van der Waals surface area contributed by atoms with Crippen molar-refractivity contribution in [3.8, 4) is 0 Å². The fourth-order valence-electron chi connectivity index (χ4n) is 4.33. The van der Waals surface area contributed by atoms with Crippen LogP contribution in [0, 0.1) is 11.8 Å². The topological polar surface area (TPSA) is 49.3 Å². The molecule has 0 spiro atoms. The second-order valence-corrected chi connectivity index (χ2v) is 7.99. The van der Waals surface area contributed by atoms with Crippen LogP contribution in [0.3, 0.4) is 0 Å². The second-order valence-electron chi connectivity index (χ2n) is 7.99. The molecule has 5 heteroatoms. The maximum Gasteiger partial charge on any atom is 0.225 e. The van der Waals surface area contributed by atoms with E-state index >= 15 is 0 Å². The van der Waals surface area contributed by atoms with Crippen LogP contribution in [-0.4, -0.2) is 47.2 Å². The van der Waals surface area contributed by atoms with Crippen LogP contribution in [0.25, 0.3) is 0 Å². The number of nitrogens with zero attached hydrogens (tertiary/aromatic N) is 4. The van der Waals surface area contributed by atoms with E-state index in [2.05, 4.69) is 28.1 Å². The zero-order chi connectivity index (χ0) is 16.7. The molecule has 5 nitrogen and oxygen atoms in total. The molecule has 1 aliphatic heterocycles. The van der Waals surface area contributed by atoms with Gasteiger partial charge in [0.1, 0.15) is 0 Å². The first-order valence-electron chi connectivity index (χ1n) is 9.49. The summed E-state index contributed by atoms with van der Waals surface area (Å²) in [6.45, 7) is 4.07. The summed E-state index contributed by atoms with van der Waals surface area (Å²) in [7, 11) is 1.98. The standard InChI is InChI=1S/C19H28N4O/c1-13-6-8-14(9-7-13)19(24)22(2)16-11-23(12-16)18-10-15-4-3-5-17(15)20-21-18/h10,13-14,16H,3-9,11-12H2,1-2H3. The summed E-state index contributed by atoms with van der Waals surface area (Å²) < 4.78 is 0. The molecule has 3 aliphatic rings. The van der Waals surface area contributed by atoms with Crippen LogP contribution in [0.2, 0.25) is 0 Å². The number of aryl methyl sites for hydroxylation is 2. The third kappa shape index (κ3) is 2.89. The summed E-state index contributed by atoms with van der Waals surface area (Å²) in [5.74, 6) is 2.38. The molecule has 130 valence electrons. The molecular weight excluding hydrogens is 300 g/mol. The number of hydrogen-bond donors (Lipinski definition) is 0. The lowest BCUT2D eigenvalue weighted by molar-refractivity contribution is -0.138. The highest BCUT2D eigenvalue weighted by Crippen LogP contribution is 2.31. The number of likely N-dealkylation sites (N-methyl/N-ethyl adjacent to an activating group) is 1. The van der Waals surface area contributed by atoms with Gasteiger partial charge in [0, 0.05) is 26.1 Å². The van der Waals surface area contributed by atoms with E-state index in [1.807, 2.05) is 11.9 Å². The van der Waals surface area contributed by atoms with Gasteiger partial charge >= 0.3 is 0 Å². The van der Waals surface area contributed by atoms with Gasteiger partial charge in [-0.05, 0) is 62.5 Å². The molecule has 1 aromatic heterocycles. The molecule has 1 saturated heterocycles. The van der Waals surface area contributed by atoms with Crippen molar-refractivity contribution in [2.45, 2.75) is 57.9 Å². The lowest BCUT2D eigenvalue weighted by Crippen LogP contribution is -2.61. The van der Waals surface area contributed by atoms with E-state index in [1.165, 1.54) is 30.5 Å². The molecule has 1 amide bonds. The Hall–Kier alpha value is -1.65. The molecule has 0 N–H and O–H groups in total. The summed E-state index contributed by atoms with van der Waals surface area (Å²) in [5.41, 5.74) is 2.54. The number of anilines is 1. The Morgan fingerprint density at radius 1 is 1.17 bits per heavy atom. The highest BCUT2D eigenvalue weighted by Gasteiger charge is 2.36. The van der Waals surface area contributed by atoms with Crippen LogP contribution < -0.4 is 4.90 Å². The van der Waals surface area contributed by atoms with Crippen LogP contribution >= 0.6 is 0 Å². The quantitative estimate of drug-likeness (QED) is 0.855. The van der Waals surface area contributed by atoms with E-state index < -0.39 is 0 Å². The minimum atomic E-state index is 0.250. The first-order valence-corrected chi connectivity index (χ1v) is 9.49. The Morgan fingerprint density at radius 3 is 2.67 bits per heavy atom. The van der Waals surface area contributed by atoms with Gasteiger partial charge in [-0.1, -0.05) is 6.92 Å². The van der Waals surface area contributed by atoms with E-state index in [9.17, 15) is 4.79 Å². The molecule has 0 aromatic carbocycles. The zero-order valence-corrected chi connectivity index (χ0v) is 14.9. The summed E-state index contributed by atoms with van der Waals surface area (Å²) in [6.07, 6.45) is 7.94. The first-order chi connectivity index (χ1) is 11.6. The molecule has 2 aliphatic carbocycles. The predicted octanol–water partition coefficient (Wildman–Crippen LogP) is 2.44. The Bertz CT molecular complexity index is 618. The lowest BCUT2D eigenvalue weighted by atomic mass is 9.82. The van der Waals surface area contributed by atoms with Gasteiger partial charge < -0.3 is 9.80 Å². The van der Waals surface area contributed by atoms with Crippen molar-refractivity contribution in [3.05, 3.63) is 17.3 Å². The summed E-state index contributed by atoms with van der Waals surface area (Å²) in [4.78, 5) is 17.0. The average molecular weight is 328 g/mol. The van der Waals surface area contributed by atoms with Gasteiger partial charge in [0.2, 0.25) is 5.91 Å². The number of carbonyl (C=O) groups is 1. The fraction of sp³-hybridized carbons (Fsp3) is 0.737. The first kappa shape index (κ1) is 15.9. The van der Waals surface area contributed by atoms with Crippen molar-refractivity contribution >= 4 is 11.7 Å². The number of hydrogen-bond acceptors (Lipinski definition) is 4. The van der Waals surface area contributed by atoms with Gasteiger partial charge in [0.05, 0.1) is 11.7 Å². The van der Waals surface area contributed by atoms with E-state index in [0.717, 1.165) is 50.5 Å². The van der Waals surface area contributed by atoms with Crippen molar-refractivity contribution in [1.82, 2.24) is 15.1 Å². The van der Waals surface area contributed by atoms with Crippen molar-refractivity contribution in [2.75, 3.05) is 25.0 Å². The average Bonchev–Trinajstić information content (AvgIpc) is 3.01. The van der Waals surface area contributed by atoms with E-state index in [1.54, 1.807) is 0 Å². The smallest absolute Gasteiger partial charge is 0.225 e. The molecule has 24 heavy (non-hydrogen) atoms. The van der Waals surface area contributed by atoms with Crippen molar-refractivity contribution < 1.29 is 4.79 Å². The van der Waals surface area contributed by atoms with Crippen LogP contribution in [0.1, 0.15) is 50.3 Å².